The fourth-order valence-electron chi connectivity index (χ4n) is 6.74. The highest BCUT2D eigenvalue weighted by molar-refractivity contribution is 6.06. The van der Waals surface area contributed by atoms with E-state index in [1.165, 1.54) is 55.3 Å². The number of anilines is 2. The van der Waals surface area contributed by atoms with E-state index in [0.29, 0.717) is 0 Å². The van der Waals surface area contributed by atoms with E-state index < -0.39 is 0 Å². The molecule has 0 radical (unpaired) electrons. The number of benzene rings is 8. The lowest BCUT2D eigenvalue weighted by molar-refractivity contribution is 0.669. The first-order valence-corrected chi connectivity index (χ1v) is 16.3. The van der Waals surface area contributed by atoms with Gasteiger partial charge in [0.2, 0.25) is 0 Å². The number of furan rings is 1. The van der Waals surface area contributed by atoms with Gasteiger partial charge in [-0.1, -0.05) is 140 Å². The molecule has 226 valence electrons. The molecule has 8 aromatic carbocycles. The summed E-state index contributed by atoms with van der Waals surface area (Å²) in [6, 6.07) is 64.7. The zero-order chi connectivity index (χ0) is 31.9. The van der Waals surface area contributed by atoms with Crippen molar-refractivity contribution in [1.82, 2.24) is 0 Å². The van der Waals surface area contributed by atoms with Gasteiger partial charge in [-0.15, -0.1) is 0 Å². The molecule has 2 heteroatoms. The van der Waals surface area contributed by atoms with Crippen molar-refractivity contribution in [2.75, 3.05) is 5.32 Å². The third-order valence-electron chi connectivity index (χ3n) is 9.28. The van der Waals surface area contributed by atoms with Crippen LogP contribution >= 0.6 is 0 Å². The highest BCUT2D eigenvalue weighted by atomic mass is 16.3. The topological polar surface area (TPSA) is 25.2 Å². The summed E-state index contributed by atoms with van der Waals surface area (Å²) < 4.78 is 6.05. The first-order valence-electron chi connectivity index (χ1n) is 16.3. The van der Waals surface area contributed by atoms with Crippen molar-refractivity contribution in [2.45, 2.75) is 0 Å². The van der Waals surface area contributed by atoms with Crippen LogP contribution < -0.4 is 5.32 Å². The van der Waals surface area contributed by atoms with Crippen molar-refractivity contribution in [2.24, 2.45) is 0 Å². The summed E-state index contributed by atoms with van der Waals surface area (Å²) in [5, 5.41) is 8.39. The molecule has 0 amide bonds. The smallest absolute Gasteiger partial charge is 0.135 e. The first kappa shape index (κ1) is 27.9. The van der Waals surface area contributed by atoms with Gasteiger partial charge in [-0.05, 0) is 92.2 Å². The standard InChI is InChI=1S/C46H31NO/c1-2-8-31(9-3-1)32-14-16-33(17-15-32)34-18-20-35(21-19-34)41-10-4-6-12-44(41)47-40-26-24-37-28-36(22-23-38(37)29-40)39-25-27-46-43(30-39)42-11-5-7-13-45(42)48-46/h1-30,47H. The summed E-state index contributed by atoms with van der Waals surface area (Å²) in [6.45, 7) is 0. The van der Waals surface area contributed by atoms with Gasteiger partial charge in [0, 0.05) is 27.7 Å². The van der Waals surface area contributed by atoms with Gasteiger partial charge in [-0.3, -0.25) is 0 Å². The molecule has 1 N–H and O–H groups in total. The van der Waals surface area contributed by atoms with Crippen molar-refractivity contribution in [3.63, 3.8) is 0 Å². The fraction of sp³-hybridized carbons (Fsp3) is 0. The fourth-order valence-corrected chi connectivity index (χ4v) is 6.74. The molecule has 1 aromatic heterocycles. The van der Waals surface area contributed by atoms with Crippen LogP contribution in [-0.4, -0.2) is 0 Å². The van der Waals surface area contributed by atoms with Gasteiger partial charge >= 0.3 is 0 Å². The quantitative estimate of drug-likeness (QED) is 0.202. The summed E-state index contributed by atoms with van der Waals surface area (Å²) in [7, 11) is 0. The summed E-state index contributed by atoms with van der Waals surface area (Å²) in [5.74, 6) is 0. The van der Waals surface area contributed by atoms with E-state index in [1.54, 1.807) is 0 Å². The molecular formula is C46H31NO. The van der Waals surface area contributed by atoms with Crippen LogP contribution in [0.2, 0.25) is 0 Å². The Morgan fingerprint density at radius 2 is 0.875 bits per heavy atom. The number of rotatable bonds is 6. The largest absolute Gasteiger partial charge is 0.456 e. The highest BCUT2D eigenvalue weighted by Crippen LogP contribution is 2.36. The van der Waals surface area contributed by atoms with Crippen LogP contribution in [0.15, 0.2) is 186 Å². The van der Waals surface area contributed by atoms with E-state index in [9.17, 15) is 0 Å². The Balaban J connectivity index is 0.960. The molecule has 0 bridgehead atoms. The first-order chi connectivity index (χ1) is 23.7. The van der Waals surface area contributed by atoms with Gasteiger partial charge in [0.05, 0.1) is 0 Å². The van der Waals surface area contributed by atoms with Gasteiger partial charge < -0.3 is 9.73 Å². The number of nitrogens with one attached hydrogen (secondary N) is 1. The molecule has 2 nitrogen and oxygen atoms in total. The van der Waals surface area contributed by atoms with Crippen molar-refractivity contribution in [3.05, 3.63) is 182 Å². The molecule has 0 aliphatic carbocycles. The maximum Gasteiger partial charge on any atom is 0.135 e. The van der Waals surface area contributed by atoms with Crippen LogP contribution in [-0.2, 0) is 0 Å². The molecule has 1 heterocycles. The van der Waals surface area contributed by atoms with Crippen LogP contribution in [0.1, 0.15) is 0 Å². The van der Waals surface area contributed by atoms with Crippen molar-refractivity contribution in [1.29, 1.82) is 0 Å². The third-order valence-corrected chi connectivity index (χ3v) is 9.28. The van der Waals surface area contributed by atoms with Crippen LogP contribution in [0, 0.1) is 0 Å². The second-order valence-electron chi connectivity index (χ2n) is 12.3. The molecule has 0 spiro atoms. The minimum atomic E-state index is 0.918. The van der Waals surface area contributed by atoms with Crippen LogP contribution in [0.3, 0.4) is 0 Å². The van der Waals surface area contributed by atoms with E-state index in [2.05, 4.69) is 175 Å². The van der Waals surface area contributed by atoms with Crippen molar-refractivity contribution in [3.8, 4) is 44.5 Å². The van der Waals surface area contributed by atoms with Crippen LogP contribution in [0.4, 0.5) is 11.4 Å². The van der Waals surface area contributed by atoms with Crippen LogP contribution in [0.25, 0.3) is 77.2 Å². The zero-order valence-corrected chi connectivity index (χ0v) is 26.2. The zero-order valence-electron chi connectivity index (χ0n) is 26.2. The van der Waals surface area contributed by atoms with Crippen molar-refractivity contribution >= 4 is 44.1 Å². The molecule has 0 fully saturated rings. The molecule has 0 aliphatic rings. The van der Waals surface area contributed by atoms with Crippen LogP contribution in [0.5, 0.6) is 0 Å². The van der Waals surface area contributed by atoms with E-state index >= 15 is 0 Å². The Bertz CT molecular complexity index is 2560. The Labute approximate surface area is 279 Å². The molecule has 0 atom stereocenters. The molecule has 9 aromatic rings. The predicted octanol–water partition coefficient (Wildman–Crippen LogP) is 13.2. The third kappa shape index (κ3) is 5.20. The average Bonchev–Trinajstić information content (AvgIpc) is 3.53. The second kappa shape index (κ2) is 11.8. The number of hydrogen-bond acceptors (Lipinski definition) is 2. The molecule has 0 aliphatic heterocycles. The minimum Gasteiger partial charge on any atom is -0.456 e. The number of fused-ring (bicyclic) bond motifs is 4. The number of para-hydroxylation sites is 2. The normalized spacial score (nSPS) is 11.3. The Morgan fingerprint density at radius 1 is 0.333 bits per heavy atom. The second-order valence-corrected chi connectivity index (χ2v) is 12.3. The molecule has 0 unspecified atom stereocenters. The Morgan fingerprint density at radius 3 is 1.67 bits per heavy atom. The van der Waals surface area contributed by atoms with E-state index in [0.717, 1.165) is 33.3 Å². The lowest BCUT2D eigenvalue weighted by Crippen LogP contribution is -1.93. The van der Waals surface area contributed by atoms with Gasteiger partial charge in [-0.2, -0.15) is 0 Å². The molecule has 48 heavy (non-hydrogen) atoms. The Kier molecular flexibility index (Phi) is 6.84. The lowest BCUT2D eigenvalue weighted by Gasteiger charge is -2.14. The summed E-state index contributed by atoms with van der Waals surface area (Å²) in [5.41, 5.74) is 13.6. The summed E-state index contributed by atoms with van der Waals surface area (Å²) in [6.07, 6.45) is 0. The Hall–Kier alpha value is -6.38. The van der Waals surface area contributed by atoms with E-state index in [4.69, 9.17) is 4.42 Å². The molecule has 9 rings (SSSR count). The maximum absolute atomic E-state index is 6.05. The molecule has 0 saturated heterocycles. The summed E-state index contributed by atoms with van der Waals surface area (Å²) >= 11 is 0. The minimum absolute atomic E-state index is 0.918. The molecule has 0 saturated carbocycles. The van der Waals surface area contributed by atoms with E-state index in [1.807, 2.05) is 12.1 Å². The average molecular weight is 614 g/mol. The van der Waals surface area contributed by atoms with E-state index in [-0.39, 0.29) is 0 Å². The number of hydrogen-bond donors (Lipinski definition) is 1. The highest BCUT2D eigenvalue weighted by Gasteiger charge is 2.10. The monoisotopic (exact) mass is 613 g/mol. The van der Waals surface area contributed by atoms with Gasteiger partial charge in [0.15, 0.2) is 0 Å². The lowest BCUT2D eigenvalue weighted by atomic mass is 9.97. The predicted molar refractivity (Wildman–Crippen MR) is 203 cm³/mol. The van der Waals surface area contributed by atoms with Gasteiger partial charge in [0.25, 0.3) is 0 Å². The summed E-state index contributed by atoms with van der Waals surface area (Å²) in [4.78, 5) is 0. The van der Waals surface area contributed by atoms with Gasteiger partial charge in [-0.25, -0.2) is 0 Å². The van der Waals surface area contributed by atoms with Crippen molar-refractivity contribution < 1.29 is 4.42 Å². The molecular weight excluding hydrogens is 583 g/mol. The SMILES string of the molecule is c1ccc(-c2ccc(-c3ccc(-c4ccccc4Nc4ccc5cc(-c6ccc7oc8ccccc8c7c6)ccc5c4)cc3)cc2)cc1. The maximum atomic E-state index is 6.05. The van der Waals surface area contributed by atoms with Gasteiger partial charge in [0.1, 0.15) is 11.2 Å².